The van der Waals surface area contributed by atoms with Crippen molar-refractivity contribution in [3.8, 4) is 0 Å². The molecule has 4 nitrogen and oxygen atoms in total. The van der Waals surface area contributed by atoms with Crippen LogP contribution in [-0.2, 0) is 4.74 Å². The average Bonchev–Trinajstić information content (AvgIpc) is 2.52. The van der Waals surface area contributed by atoms with Gasteiger partial charge in [0, 0.05) is 12.2 Å². The van der Waals surface area contributed by atoms with Crippen molar-refractivity contribution in [1.29, 1.82) is 0 Å². The fourth-order valence-corrected chi connectivity index (χ4v) is 2.36. The summed E-state index contributed by atoms with van der Waals surface area (Å²) in [5.74, 6) is 0.452. The minimum Gasteiger partial charge on any atom is -0.462 e. The van der Waals surface area contributed by atoms with Gasteiger partial charge in [-0.25, -0.2) is 4.79 Å². The molecule has 1 atom stereocenters. The number of ether oxygens (including phenoxy) is 1. The predicted octanol–water partition coefficient (Wildman–Crippen LogP) is 2.66. The minimum absolute atomic E-state index is 0.241. The van der Waals surface area contributed by atoms with E-state index in [0.717, 1.165) is 31.7 Å². The second-order valence-corrected chi connectivity index (χ2v) is 5.31. The maximum Gasteiger partial charge on any atom is 0.338 e. The molecule has 0 aliphatic carbocycles. The number of nitrogens with one attached hydrogen (secondary N) is 2. The van der Waals surface area contributed by atoms with E-state index in [9.17, 15) is 4.79 Å². The van der Waals surface area contributed by atoms with Crippen LogP contribution in [0.1, 0.15) is 36.5 Å². The van der Waals surface area contributed by atoms with Gasteiger partial charge < -0.3 is 15.4 Å². The Kier molecular flexibility index (Phi) is 5.87. The topological polar surface area (TPSA) is 50.4 Å². The first-order valence-electron chi connectivity index (χ1n) is 7.51. The summed E-state index contributed by atoms with van der Waals surface area (Å²) in [6.07, 6.45) is 3.39. The Morgan fingerprint density at radius 2 is 2.20 bits per heavy atom. The van der Waals surface area contributed by atoms with Crippen LogP contribution in [-0.4, -0.2) is 32.2 Å². The number of anilines is 1. The van der Waals surface area contributed by atoms with Gasteiger partial charge in [0.2, 0.25) is 0 Å². The van der Waals surface area contributed by atoms with Crippen molar-refractivity contribution in [2.45, 2.75) is 26.2 Å². The largest absolute Gasteiger partial charge is 0.462 e. The van der Waals surface area contributed by atoms with Crippen LogP contribution >= 0.6 is 0 Å². The van der Waals surface area contributed by atoms with Gasteiger partial charge in [0.05, 0.1) is 12.2 Å². The third kappa shape index (κ3) is 4.53. The van der Waals surface area contributed by atoms with Crippen LogP contribution in [0.4, 0.5) is 5.69 Å². The number of carbonyl (C=O) groups excluding carboxylic acids is 1. The summed E-state index contributed by atoms with van der Waals surface area (Å²) in [4.78, 5) is 11.7. The Bertz CT molecular complexity index is 411. The molecule has 1 aliphatic rings. The molecule has 0 saturated carbocycles. The van der Waals surface area contributed by atoms with Crippen LogP contribution < -0.4 is 10.6 Å². The van der Waals surface area contributed by atoms with Crippen molar-refractivity contribution in [3.63, 3.8) is 0 Å². The van der Waals surface area contributed by atoms with Gasteiger partial charge in [-0.15, -0.1) is 0 Å². The van der Waals surface area contributed by atoms with Crippen molar-refractivity contribution >= 4 is 11.7 Å². The number of benzene rings is 1. The maximum absolute atomic E-state index is 11.7. The monoisotopic (exact) mass is 276 g/mol. The van der Waals surface area contributed by atoms with Gasteiger partial charge >= 0.3 is 5.97 Å². The first-order valence-corrected chi connectivity index (χ1v) is 7.51. The highest BCUT2D eigenvalue weighted by molar-refractivity contribution is 5.89. The van der Waals surface area contributed by atoms with E-state index in [-0.39, 0.29) is 5.97 Å². The zero-order valence-electron chi connectivity index (χ0n) is 12.2. The fourth-order valence-electron chi connectivity index (χ4n) is 2.36. The van der Waals surface area contributed by atoms with Crippen molar-refractivity contribution < 1.29 is 9.53 Å². The van der Waals surface area contributed by atoms with Crippen molar-refractivity contribution in [2.75, 3.05) is 31.6 Å². The SMILES string of the molecule is CCCOC(=O)c1ccc(NCC2CCCNC2)cc1. The molecule has 1 aromatic carbocycles. The zero-order chi connectivity index (χ0) is 14.2. The number of carbonyl (C=O) groups is 1. The molecule has 1 aliphatic heterocycles. The van der Waals surface area contributed by atoms with E-state index in [0.29, 0.717) is 18.1 Å². The lowest BCUT2D eigenvalue weighted by Gasteiger charge is -2.23. The molecule has 0 bridgehead atoms. The lowest BCUT2D eigenvalue weighted by atomic mass is 10.00. The molecular weight excluding hydrogens is 252 g/mol. The van der Waals surface area contributed by atoms with Gasteiger partial charge in [0.25, 0.3) is 0 Å². The highest BCUT2D eigenvalue weighted by Crippen LogP contribution is 2.14. The van der Waals surface area contributed by atoms with E-state index in [2.05, 4.69) is 10.6 Å². The second kappa shape index (κ2) is 7.90. The number of esters is 1. The summed E-state index contributed by atoms with van der Waals surface area (Å²) in [5.41, 5.74) is 1.67. The number of hydrogen-bond acceptors (Lipinski definition) is 4. The third-order valence-electron chi connectivity index (χ3n) is 3.55. The van der Waals surface area contributed by atoms with Crippen LogP contribution in [0.2, 0.25) is 0 Å². The maximum atomic E-state index is 11.7. The first-order chi connectivity index (χ1) is 9.79. The van der Waals surface area contributed by atoms with Gasteiger partial charge in [-0.1, -0.05) is 6.92 Å². The van der Waals surface area contributed by atoms with Crippen LogP contribution in [0.25, 0.3) is 0 Å². The normalized spacial score (nSPS) is 18.6. The molecule has 1 heterocycles. The Morgan fingerprint density at radius 1 is 1.40 bits per heavy atom. The molecule has 0 aromatic heterocycles. The van der Waals surface area contributed by atoms with Crippen molar-refractivity contribution in [1.82, 2.24) is 5.32 Å². The molecule has 1 fully saturated rings. The van der Waals surface area contributed by atoms with Gasteiger partial charge in [-0.2, -0.15) is 0 Å². The number of hydrogen-bond donors (Lipinski definition) is 2. The summed E-state index contributed by atoms with van der Waals surface area (Å²) in [6, 6.07) is 7.52. The van der Waals surface area contributed by atoms with E-state index in [1.54, 1.807) is 0 Å². The van der Waals surface area contributed by atoms with Crippen LogP contribution in [0.3, 0.4) is 0 Å². The predicted molar refractivity (Wildman–Crippen MR) is 81.1 cm³/mol. The zero-order valence-corrected chi connectivity index (χ0v) is 12.2. The molecule has 1 saturated heterocycles. The van der Waals surface area contributed by atoms with Crippen LogP contribution in [0, 0.1) is 5.92 Å². The quantitative estimate of drug-likeness (QED) is 0.784. The first kappa shape index (κ1) is 14.9. The number of rotatable bonds is 6. The van der Waals surface area contributed by atoms with Gasteiger partial charge in [0.1, 0.15) is 0 Å². The molecule has 0 radical (unpaired) electrons. The van der Waals surface area contributed by atoms with Crippen molar-refractivity contribution in [3.05, 3.63) is 29.8 Å². The molecule has 2 rings (SSSR count). The highest BCUT2D eigenvalue weighted by atomic mass is 16.5. The van der Waals surface area contributed by atoms with E-state index in [4.69, 9.17) is 4.74 Å². The Balaban J connectivity index is 1.80. The van der Waals surface area contributed by atoms with Crippen molar-refractivity contribution in [2.24, 2.45) is 5.92 Å². The molecule has 4 heteroatoms. The molecule has 1 aromatic rings. The van der Waals surface area contributed by atoms with Crippen LogP contribution in [0.5, 0.6) is 0 Å². The standard InChI is InChI=1S/C16H24N2O2/c1-2-10-20-16(19)14-5-7-15(8-6-14)18-12-13-4-3-9-17-11-13/h5-8,13,17-18H,2-4,9-12H2,1H3. The average molecular weight is 276 g/mol. The minimum atomic E-state index is -0.241. The van der Waals surface area contributed by atoms with E-state index in [1.165, 1.54) is 12.8 Å². The summed E-state index contributed by atoms with van der Waals surface area (Å²) in [6.45, 7) is 5.68. The van der Waals surface area contributed by atoms with Gasteiger partial charge in [-0.05, 0) is 62.5 Å². The summed E-state index contributed by atoms with van der Waals surface area (Å²) in [5, 5.41) is 6.85. The van der Waals surface area contributed by atoms with Crippen LogP contribution in [0.15, 0.2) is 24.3 Å². The molecule has 0 amide bonds. The highest BCUT2D eigenvalue weighted by Gasteiger charge is 2.12. The smallest absolute Gasteiger partial charge is 0.338 e. The van der Waals surface area contributed by atoms with E-state index >= 15 is 0 Å². The lowest BCUT2D eigenvalue weighted by molar-refractivity contribution is 0.0505. The molecular formula is C16H24N2O2. The molecule has 1 unspecified atom stereocenters. The Hall–Kier alpha value is -1.55. The Morgan fingerprint density at radius 3 is 2.85 bits per heavy atom. The molecule has 0 spiro atoms. The molecule has 110 valence electrons. The van der Waals surface area contributed by atoms with Gasteiger partial charge in [0.15, 0.2) is 0 Å². The van der Waals surface area contributed by atoms with E-state index in [1.807, 2.05) is 31.2 Å². The second-order valence-electron chi connectivity index (χ2n) is 5.31. The molecule has 20 heavy (non-hydrogen) atoms. The Labute approximate surface area is 120 Å². The van der Waals surface area contributed by atoms with E-state index < -0.39 is 0 Å². The fraction of sp³-hybridized carbons (Fsp3) is 0.562. The van der Waals surface area contributed by atoms with Gasteiger partial charge in [-0.3, -0.25) is 0 Å². The summed E-state index contributed by atoms with van der Waals surface area (Å²) in [7, 11) is 0. The lowest BCUT2D eigenvalue weighted by Crippen LogP contribution is -2.33. The third-order valence-corrected chi connectivity index (χ3v) is 3.55. The summed E-state index contributed by atoms with van der Waals surface area (Å²) >= 11 is 0. The molecule has 2 N–H and O–H groups in total. The summed E-state index contributed by atoms with van der Waals surface area (Å²) < 4.78 is 5.10. The number of piperidine rings is 1.